The van der Waals surface area contributed by atoms with E-state index in [1.165, 1.54) is 6.20 Å². The minimum Gasteiger partial charge on any atom is -0.491 e. The minimum absolute atomic E-state index is 0.135. The summed E-state index contributed by atoms with van der Waals surface area (Å²) in [5.74, 6) is -0.169. The monoisotopic (exact) mass is 278 g/mol. The van der Waals surface area contributed by atoms with Gasteiger partial charge in [0.1, 0.15) is 10.6 Å². The summed E-state index contributed by atoms with van der Waals surface area (Å²) in [7, 11) is 0. The molecule has 0 aliphatic heterocycles. The molecular weight excluding hydrogens is 264 g/mol. The van der Waals surface area contributed by atoms with Gasteiger partial charge in [-0.3, -0.25) is 0 Å². The molecule has 0 radical (unpaired) electrons. The predicted octanol–water partition coefficient (Wildman–Crippen LogP) is 3.37. The molecule has 2 aromatic rings. The summed E-state index contributed by atoms with van der Waals surface area (Å²) < 4.78 is 5.54. The summed E-state index contributed by atoms with van der Waals surface area (Å²) in [6, 6.07) is 7.43. The van der Waals surface area contributed by atoms with Gasteiger partial charge in [0.2, 0.25) is 0 Å². The van der Waals surface area contributed by atoms with Crippen LogP contribution in [0.15, 0.2) is 30.5 Å². The first-order valence-corrected chi connectivity index (χ1v) is 6.59. The largest absolute Gasteiger partial charge is 0.491 e. The van der Waals surface area contributed by atoms with Crippen molar-refractivity contribution in [3.8, 4) is 5.75 Å². The maximum atomic E-state index is 10.7. The Kier molecular flexibility index (Phi) is 4.01. The first kappa shape index (κ1) is 13.4. The Hall–Kier alpha value is -2.08. The van der Waals surface area contributed by atoms with E-state index in [9.17, 15) is 4.79 Å². The highest BCUT2D eigenvalue weighted by Gasteiger charge is 2.08. The van der Waals surface area contributed by atoms with E-state index in [2.05, 4.69) is 10.3 Å². The van der Waals surface area contributed by atoms with Crippen LogP contribution in [0.3, 0.4) is 0 Å². The fourth-order valence-corrected chi connectivity index (χ4v) is 2.12. The van der Waals surface area contributed by atoms with E-state index in [0.29, 0.717) is 5.13 Å². The molecule has 0 fully saturated rings. The van der Waals surface area contributed by atoms with Crippen molar-refractivity contribution >= 4 is 28.1 Å². The highest BCUT2D eigenvalue weighted by atomic mass is 32.1. The lowest BCUT2D eigenvalue weighted by Crippen LogP contribution is -2.05. The molecule has 2 rings (SSSR count). The third-order valence-corrected chi connectivity index (χ3v) is 3.09. The van der Waals surface area contributed by atoms with Crippen LogP contribution in [-0.4, -0.2) is 22.2 Å². The molecule has 0 saturated carbocycles. The summed E-state index contributed by atoms with van der Waals surface area (Å²) in [5, 5.41) is 12.4. The molecule has 1 heterocycles. The van der Waals surface area contributed by atoms with Gasteiger partial charge in [0.15, 0.2) is 5.13 Å². The maximum absolute atomic E-state index is 10.7. The Bertz CT molecular complexity index is 564. The van der Waals surface area contributed by atoms with Gasteiger partial charge in [-0.05, 0) is 38.1 Å². The summed E-state index contributed by atoms with van der Waals surface area (Å²) in [4.78, 5) is 14.9. The van der Waals surface area contributed by atoms with Crippen molar-refractivity contribution in [3.63, 3.8) is 0 Å². The van der Waals surface area contributed by atoms with Gasteiger partial charge in [0.25, 0.3) is 0 Å². The number of hydrogen-bond donors (Lipinski definition) is 2. The second-order valence-corrected chi connectivity index (χ2v) is 5.18. The Morgan fingerprint density at radius 1 is 1.37 bits per heavy atom. The first-order chi connectivity index (χ1) is 9.04. The number of aromatic nitrogens is 1. The lowest BCUT2D eigenvalue weighted by molar-refractivity contribution is 0.0702. The number of ether oxygens (including phenoxy) is 1. The van der Waals surface area contributed by atoms with Gasteiger partial charge in [-0.15, -0.1) is 0 Å². The van der Waals surface area contributed by atoms with Crippen LogP contribution < -0.4 is 10.1 Å². The molecule has 19 heavy (non-hydrogen) atoms. The van der Waals surface area contributed by atoms with Crippen molar-refractivity contribution in [1.82, 2.24) is 4.98 Å². The summed E-state index contributed by atoms with van der Waals surface area (Å²) >= 11 is 1.10. The second kappa shape index (κ2) is 5.71. The summed E-state index contributed by atoms with van der Waals surface area (Å²) in [6.45, 7) is 3.93. The quantitative estimate of drug-likeness (QED) is 0.877. The molecule has 0 aliphatic carbocycles. The molecule has 5 nitrogen and oxygen atoms in total. The van der Waals surface area contributed by atoms with E-state index < -0.39 is 5.97 Å². The topological polar surface area (TPSA) is 71.5 Å². The van der Waals surface area contributed by atoms with Crippen molar-refractivity contribution in [3.05, 3.63) is 35.3 Å². The fraction of sp³-hybridized carbons (Fsp3) is 0.231. The standard InChI is InChI=1S/C13H14N2O3S/c1-8(2)18-10-5-3-9(4-6-10)15-13-14-7-11(19-13)12(16)17/h3-8H,1-2H3,(H,14,15)(H,16,17). The molecule has 0 aliphatic rings. The van der Waals surface area contributed by atoms with Crippen LogP contribution in [0.5, 0.6) is 5.75 Å². The van der Waals surface area contributed by atoms with Gasteiger partial charge in [0, 0.05) is 5.69 Å². The Balaban J connectivity index is 2.04. The van der Waals surface area contributed by atoms with Crippen molar-refractivity contribution in [2.24, 2.45) is 0 Å². The molecule has 100 valence electrons. The molecule has 0 saturated heterocycles. The first-order valence-electron chi connectivity index (χ1n) is 5.77. The Morgan fingerprint density at radius 3 is 2.58 bits per heavy atom. The van der Waals surface area contributed by atoms with Gasteiger partial charge in [-0.25, -0.2) is 9.78 Å². The van der Waals surface area contributed by atoms with Crippen LogP contribution in [0.4, 0.5) is 10.8 Å². The fourth-order valence-electron chi connectivity index (χ4n) is 1.44. The zero-order valence-corrected chi connectivity index (χ0v) is 11.4. The van der Waals surface area contributed by atoms with Gasteiger partial charge in [0.05, 0.1) is 12.3 Å². The summed E-state index contributed by atoms with van der Waals surface area (Å²) in [5.41, 5.74) is 0.836. The van der Waals surface area contributed by atoms with Gasteiger partial charge in [-0.1, -0.05) is 11.3 Å². The molecule has 1 aromatic heterocycles. The number of benzene rings is 1. The zero-order chi connectivity index (χ0) is 13.8. The van der Waals surface area contributed by atoms with Crippen molar-refractivity contribution in [1.29, 1.82) is 0 Å². The molecule has 0 unspecified atom stereocenters. The average molecular weight is 278 g/mol. The number of carbonyl (C=O) groups is 1. The molecular formula is C13H14N2O3S. The van der Waals surface area contributed by atoms with E-state index in [4.69, 9.17) is 9.84 Å². The van der Waals surface area contributed by atoms with Gasteiger partial charge in [-0.2, -0.15) is 0 Å². The number of carboxylic acids is 1. The lowest BCUT2D eigenvalue weighted by Gasteiger charge is -2.10. The smallest absolute Gasteiger partial charge is 0.347 e. The number of thiazole rings is 1. The molecule has 0 atom stereocenters. The zero-order valence-electron chi connectivity index (χ0n) is 10.6. The van der Waals surface area contributed by atoms with Crippen LogP contribution in [0, 0.1) is 0 Å². The van der Waals surface area contributed by atoms with E-state index in [-0.39, 0.29) is 11.0 Å². The Morgan fingerprint density at radius 2 is 2.05 bits per heavy atom. The predicted molar refractivity (Wildman–Crippen MR) is 74.6 cm³/mol. The number of nitrogens with one attached hydrogen (secondary N) is 1. The highest BCUT2D eigenvalue weighted by Crippen LogP contribution is 2.24. The Labute approximate surface area is 114 Å². The number of hydrogen-bond acceptors (Lipinski definition) is 5. The molecule has 1 aromatic carbocycles. The molecule has 0 bridgehead atoms. The summed E-state index contributed by atoms with van der Waals surface area (Å²) in [6.07, 6.45) is 1.47. The van der Waals surface area contributed by atoms with Gasteiger partial charge >= 0.3 is 5.97 Å². The number of anilines is 2. The molecule has 0 amide bonds. The number of nitrogens with zero attached hydrogens (tertiary/aromatic N) is 1. The van der Waals surface area contributed by atoms with E-state index in [0.717, 1.165) is 22.8 Å². The van der Waals surface area contributed by atoms with Crippen LogP contribution in [-0.2, 0) is 0 Å². The molecule has 6 heteroatoms. The third-order valence-electron chi connectivity index (χ3n) is 2.19. The molecule has 2 N–H and O–H groups in total. The average Bonchev–Trinajstić information content (AvgIpc) is 2.80. The van der Waals surface area contributed by atoms with Crippen LogP contribution in [0.25, 0.3) is 0 Å². The molecule has 0 spiro atoms. The number of aromatic carboxylic acids is 1. The SMILES string of the molecule is CC(C)Oc1ccc(Nc2ncc(C(=O)O)s2)cc1. The van der Waals surface area contributed by atoms with E-state index >= 15 is 0 Å². The minimum atomic E-state index is -0.966. The normalized spacial score (nSPS) is 10.5. The van der Waals surface area contributed by atoms with Gasteiger partial charge < -0.3 is 15.2 Å². The highest BCUT2D eigenvalue weighted by molar-refractivity contribution is 7.17. The number of rotatable bonds is 5. The van der Waals surface area contributed by atoms with E-state index in [1.807, 2.05) is 38.1 Å². The van der Waals surface area contributed by atoms with Crippen LogP contribution >= 0.6 is 11.3 Å². The lowest BCUT2D eigenvalue weighted by atomic mass is 10.3. The van der Waals surface area contributed by atoms with E-state index in [1.54, 1.807) is 0 Å². The van der Waals surface area contributed by atoms with Crippen LogP contribution in [0.1, 0.15) is 23.5 Å². The second-order valence-electron chi connectivity index (χ2n) is 4.15. The maximum Gasteiger partial charge on any atom is 0.347 e. The third kappa shape index (κ3) is 3.69. The van der Waals surface area contributed by atoms with Crippen LogP contribution in [0.2, 0.25) is 0 Å². The number of carboxylic acid groups (broad SMARTS) is 1. The van der Waals surface area contributed by atoms with Crippen molar-refractivity contribution < 1.29 is 14.6 Å². The van der Waals surface area contributed by atoms with Crippen molar-refractivity contribution in [2.45, 2.75) is 20.0 Å². The van der Waals surface area contributed by atoms with Crippen molar-refractivity contribution in [2.75, 3.05) is 5.32 Å².